The van der Waals surface area contributed by atoms with Crippen molar-refractivity contribution in [2.75, 3.05) is 18.2 Å². The number of nitrogens with one attached hydrogen (secondary N) is 1. The van der Waals surface area contributed by atoms with Crippen LogP contribution in [-0.2, 0) is 6.54 Å². The van der Waals surface area contributed by atoms with Crippen molar-refractivity contribution in [1.82, 2.24) is 19.4 Å². The number of thioether (sulfide) groups is 1. The number of aromatic nitrogens is 3. The minimum atomic E-state index is 0.105. The summed E-state index contributed by atoms with van der Waals surface area (Å²) in [7, 11) is 0. The van der Waals surface area contributed by atoms with Gasteiger partial charge in [-0.3, -0.25) is 4.79 Å². The molecule has 0 radical (unpaired) electrons. The molecule has 0 spiro atoms. The zero-order valence-electron chi connectivity index (χ0n) is 15.3. The van der Waals surface area contributed by atoms with Gasteiger partial charge < -0.3 is 14.5 Å². The lowest BCUT2D eigenvalue weighted by molar-refractivity contribution is 0.0803. The maximum absolute atomic E-state index is 13.3. The number of nitrogens with zero attached hydrogens (tertiary/aromatic N) is 3. The van der Waals surface area contributed by atoms with E-state index in [-0.39, 0.29) is 5.91 Å². The third kappa shape index (κ3) is 3.10. The number of H-pyrrole nitrogens is 1. The number of carbonyl (C=O) groups is 1. The fourth-order valence-corrected chi connectivity index (χ4v) is 4.70. The average Bonchev–Trinajstić information content (AvgIpc) is 3.49. The van der Waals surface area contributed by atoms with Crippen molar-refractivity contribution in [2.24, 2.45) is 0 Å². The molecule has 1 fully saturated rings. The Hall–Kier alpha value is -2.99. The van der Waals surface area contributed by atoms with Crippen molar-refractivity contribution in [3.63, 3.8) is 0 Å². The highest BCUT2D eigenvalue weighted by atomic mass is 32.2. The maximum Gasteiger partial charge on any atom is 0.256 e. The van der Waals surface area contributed by atoms with Crippen LogP contribution in [0.5, 0.6) is 0 Å². The Kier molecular flexibility index (Phi) is 4.41. The van der Waals surface area contributed by atoms with Crippen LogP contribution in [0.2, 0.25) is 0 Å². The van der Waals surface area contributed by atoms with Crippen molar-refractivity contribution < 1.29 is 4.79 Å². The van der Waals surface area contributed by atoms with Gasteiger partial charge in [0.2, 0.25) is 0 Å². The summed E-state index contributed by atoms with van der Waals surface area (Å²) in [5.41, 5.74) is 3.77. The molecule has 0 saturated carbocycles. The van der Waals surface area contributed by atoms with E-state index in [1.807, 2.05) is 29.4 Å². The van der Waals surface area contributed by atoms with E-state index in [0.29, 0.717) is 6.54 Å². The minimum Gasteiger partial charge on any atom is -0.351 e. The fourth-order valence-electron chi connectivity index (χ4n) is 3.75. The van der Waals surface area contributed by atoms with Crippen LogP contribution in [0.15, 0.2) is 67.4 Å². The number of imidazole rings is 1. The first-order chi connectivity index (χ1) is 13.8. The van der Waals surface area contributed by atoms with Gasteiger partial charge >= 0.3 is 0 Å². The lowest BCUT2D eigenvalue weighted by Crippen LogP contribution is -2.27. The molecule has 1 amide bonds. The Morgan fingerprint density at radius 3 is 2.82 bits per heavy atom. The molecule has 140 valence electrons. The molecule has 2 aromatic carbocycles. The molecule has 28 heavy (non-hydrogen) atoms. The second-order valence-electron chi connectivity index (χ2n) is 6.95. The molecule has 0 aliphatic carbocycles. The predicted molar refractivity (Wildman–Crippen MR) is 113 cm³/mol. The molecule has 5 rings (SSSR count). The molecular formula is C22H20N4OS. The monoisotopic (exact) mass is 388 g/mol. The third-order valence-corrected chi connectivity index (χ3v) is 6.10. The molecule has 6 heteroatoms. The third-order valence-electron chi connectivity index (χ3n) is 5.13. The highest BCUT2D eigenvalue weighted by Gasteiger charge is 2.25. The van der Waals surface area contributed by atoms with Gasteiger partial charge in [-0.1, -0.05) is 42.5 Å². The van der Waals surface area contributed by atoms with Gasteiger partial charge in [-0.15, -0.1) is 11.8 Å². The zero-order valence-corrected chi connectivity index (χ0v) is 16.2. The van der Waals surface area contributed by atoms with E-state index in [9.17, 15) is 4.79 Å². The Morgan fingerprint density at radius 2 is 2.00 bits per heavy atom. The van der Waals surface area contributed by atoms with Gasteiger partial charge in [-0.25, -0.2) is 4.98 Å². The quantitative estimate of drug-likeness (QED) is 0.569. The molecule has 2 aromatic heterocycles. The van der Waals surface area contributed by atoms with E-state index < -0.39 is 0 Å². The van der Waals surface area contributed by atoms with E-state index in [0.717, 1.165) is 45.9 Å². The zero-order chi connectivity index (χ0) is 18.9. The molecule has 1 aliphatic heterocycles. The molecule has 4 aromatic rings. The molecule has 1 aliphatic rings. The highest BCUT2D eigenvalue weighted by Crippen LogP contribution is 2.33. The molecule has 1 saturated heterocycles. The largest absolute Gasteiger partial charge is 0.351 e. The molecule has 0 unspecified atom stereocenters. The topological polar surface area (TPSA) is 53.9 Å². The highest BCUT2D eigenvalue weighted by molar-refractivity contribution is 7.99. The molecule has 3 heterocycles. The summed E-state index contributed by atoms with van der Waals surface area (Å²) in [6.07, 6.45) is 7.61. The summed E-state index contributed by atoms with van der Waals surface area (Å²) in [6, 6.07) is 14.6. The normalized spacial score (nSPS) is 14.1. The van der Waals surface area contributed by atoms with Gasteiger partial charge in [-0.05, 0) is 16.3 Å². The van der Waals surface area contributed by atoms with Crippen molar-refractivity contribution in [3.8, 4) is 11.1 Å². The van der Waals surface area contributed by atoms with Gasteiger partial charge in [0.15, 0.2) is 0 Å². The van der Waals surface area contributed by atoms with Crippen LogP contribution in [0.3, 0.4) is 0 Å². The fraction of sp³-hybridized carbons (Fsp3) is 0.182. The second-order valence-corrected chi connectivity index (χ2v) is 8.03. The molecule has 0 atom stereocenters. The Labute approximate surface area is 167 Å². The van der Waals surface area contributed by atoms with Gasteiger partial charge in [-0.2, -0.15) is 0 Å². The SMILES string of the molecule is O=C(c1cn(Cc2c[nH]cn2)cc1-c1cccc2ccccc12)N1CCSC1. The predicted octanol–water partition coefficient (Wildman–Crippen LogP) is 4.23. The molecule has 1 N–H and O–H groups in total. The molecule has 5 nitrogen and oxygen atoms in total. The average molecular weight is 388 g/mol. The summed E-state index contributed by atoms with van der Waals surface area (Å²) < 4.78 is 2.06. The Bertz CT molecular complexity index is 1120. The first-order valence-electron chi connectivity index (χ1n) is 9.32. The number of carbonyl (C=O) groups excluding carboxylic acids is 1. The van der Waals surface area contributed by atoms with Gasteiger partial charge in [0.1, 0.15) is 0 Å². The number of fused-ring (bicyclic) bond motifs is 1. The molecule has 0 bridgehead atoms. The van der Waals surface area contributed by atoms with Crippen molar-refractivity contribution >= 4 is 28.4 Å². The first-order valence-corrected chi connectivity index (χ1v) is 10.5. The van der Waals surface area contributed by atoms with E-state index in [1.165, 1.54) is 5.39 Å². The smallest absolute Gasteiger partial charge is 0.256 e. The van der Waals surface area contributed by atoms with Crippen LogP contribution in [-0.4, -0.2) is 43.5 Å². The van der Waals surface area contributed by atoms with Crippen LogP contribution in [0.4, 0.5) is 0 Å². The number of benzene rings is 2. The van der Waals surface area contributed by atoms with Gasteiger partial charge in [0, 0.05) is 36.5 Å². The van der Waals surface area contributed by atoms with Crippen molar-refractivity contribution in [2.45, 2.75) is 6.54 Å². The second kappa shape index (κ2) is 7.20. The maximum atomic E-state index is 13.3. The van der Waals surface area contributed by atoms with Crippen LogP contribution < -0.4 is 0 Å². The van der Waals surface area contributed by atoms with E-state index in [4.69, 9.17) is 0 Å². The summed E-state index contributed by atoms with van der Waals surface area (Å²) >= 11 is 1.80. The van der Waals surface area contributed by atoms with Crippen LogP contribution in [0, 0.1) is 0 Å². The van der Waals surface area contributed by atoms with Crippen LogP contribution >= 0.6 is 11.8 Å². The van der Waals surface area contributed by atoms with Crippen molar-refractivity contribution in [1.29, 1.82) is 0 Å². The Morgan fingerprint density at radius 1 is 1.11 bits per heavy atom. The number of hydrogen-bond donors (Lipinski definition) is 1. The summed E-state index contributed by atoms with van der Waals surface area (Å²) in [5, 5.41) is 2.34. The van der Waals surface area contributed by atoms with Crippen LogP contribution in [0.25, 0.3) is 21.9 Å². The summed E-state index contributed by atoms with van der Waals surface area (Å²) in [5.74, 6) is 1.87. The minimum absolute atomic E-state index is 0.105. The Balaban J connectivity index is 1.64. The summed E-state index contributed by atoms with van der Waals surface area (Å²) in [6.45, 7) is 1.44. The van der Waals surface area contributed by atoms with Gasteiger partial charge in [0.05, 0.1) is 30.0 Å². The van der Waals surface area contributed by atoms with E-state index >= 15 is 0 Å². The van der Waals surface area contributed by atoms with E-state index in [2.05, 4.69) is 51.1 Å². The standard InChI is InChI=1S/C22H20N4OS/c27-22(26-8-9-28-15-26)21-13-25(11-17-10-23-14-24-17)12-20(21)19-7-3-5-16-4-1-2-6-18(16)19/h1-7,10,12-14H,8-9,11,15H2,(H,23,24). The summed E-state index contributed by atoms with van der Waals surface area (Å²) in [4.78, 5) is 22.5. The number of hydrogen-bond acceptors (Lipinski definition) is 3. The number of aromatic amines is 1. The lowest BCUT2D eigenvalue weighted by atomic mass is 9.97. The lowest BCUT2D eigenvalue weighted by Gasteiger charge is -2.15. The van der Waals surface area contributed by atoms with E-state index in [1.54, 1.807) is 18.1 Å². The van der Waals surface area contributed by atoms with Gasteiger partial charge in [0.25, 0.3) is 5.91 Å². The number of rotatable bonds is 4. The first kappa shape index (κ1) is 17.1. The van der Waals surface area contributed by atoms with Crippen molar-refractivity contribution in [3.05, 3.63) is 78.6 Å². The van der Waals surface area contributed by atoms with Crippen LogP contribution in [0.1, 0.15) is 16.1 Å². The number of amides is 1. The molecular weight excluding hydrogens is 368 g/mol.